The lowest BCUT2D eigenvalue weighted by Crippen LogP contribution is -2.54. The highest BCUT2D eigenvalue weighted by Crippen LogP contribution is 2.35. The van der Waals surface area contributed by atoms with Crippen LogP contribution in [0, 0.1) is 18.8 Å². The van der Waals surface area contributed by atoms with Crippen LogP contribution in [0.5, 0.6) is 5.75 Å². The monoisotopic (exact) mass is 1060 g/mol. The third kappa shape index (κ3) is 14.2. The van der Waals surface area contributed by atoms with Crippen LogP contribution in [0.15, 0.2) is 79.1 Å². The lowest BCUT2D eigenvalue weighted by atomic mass is 9.96. The van der Waals surface area contributed by atoms with Crippen LogP contribution >= 0.6 is 0 Å². The van der Waals surface area contributed by atoms with E-state index in [0.29, 0.717) is 100 Å². The number of aryl methyl sites for hydroxylation is 1. The first-order valence-corrected chi connectivity index (χ1v) is 25.6. The Morgan fingerprint density at radius 2 is 1.60 bits per heavy atom. The summed E-state index contributed by atoms with van der Waals surface area (Å²) in [6.45, 7) is 5.38. The van der Waals surface area contributed by atoms with E-state index in [9.17, 15) is 51.5 Å². The van der Waals surface area contributed by atoms with Crippen molar-refractivity contribution in [3.8, 4) is 17.6 Å². The lowest BCUT2D eigenvalue weighted by molar-refractivity contribution is -0.139. The first kappa shape index (κ1) is 55.2. The van der Waals surface area contributed by atoms with Crippen LogP contribution < -0.4 is 20.7 Å². The second-order valence-electron chi connectivity index (χ2n) is 19.2. The van der Waals surface area contributed by atoms with Gasteiger partial charge in [-0.25, -0.2) is 9.50 Å². The summed E-state index contributed by atoms with van der Waals surface area (Å²) in [5, 5.41) is 12.0. The van der Waals surface area contributed by atoms with E-state index in [0.717, 1.165) is 16.5 Å². The fourth-order valence-electron chi connectivity index (χ4n) is 9.46. The maximum Gasteiger partial charge on any atom is 0.416 e. The normalized spacial score (nSPS) is 15.9. The summed E-state index contributed by atoms with van der Waals surface area (Å²) in [6.07, 6.45) is 1.35. The van der Waals surface area contributed by atoms with Gasteiger partial charge < -0.3 is 20.3 Å². The number of imidazole rings is 1. The van der Waals surface area contributed by atoms with Crippen molar-refractivity contribution in [1.29, 1.82) is 0 Å². The minimum Gasteiger partial charge on any atom is -0.483 e. The van der Waals surface area contributed by atoms with Crippen LogP contribution in [-0.4, -0.2) is 135 Å². The van der Waals surface area contributed by atoms with Crippen molar-refractivity contribution in [2.75, 3.05) is 52.4 Å². The Hall–Kier alpha value is -8.09. The van der Waals surface area contributed by atoms with Crippen LogP contribution in [0.25, 0.3) is 5.65 Å². The molecule has 3 N–H and O–H groups in total. The summed E-state index contributed by atoms with van der Waals surface area (Å²) in [5.41, 5.74) is 2.64. The largest absolute Gasteiger partial charge is 0.483 e. The van der Waals surface area contributed by atoms with Gasteiger partial charge in [-0.3, -0.25) is 53.5 Å². The smallest absolute Gasteiger partial charge is 0.416 e. The van der Waals surface area contributed by atoms with E-state index in [1.807, 2.05) is 11.8 Å². The van der Waals surface area contributed by atoms with Crippen molar-refractivity contribution in [3.05, 3.63) is 129 Å². The zero-order valence-electron chi connectivity index (χ0n) is 42.5. The number of rotatable bonds is 22. The number of hydrogen-bond donors (Lipinski definition) is 3. The number of piperidine rings is 1. The molecular formula is C56H58F3N9O9. The Bertz CT molecular complexity index is 3160. The van der Waals surface area contributed by atoms with Gasteiger partial charge in [0.05, 0.1) is 22.9 Å². The predicted octanol–water partition coefficient (Wildman–Crippen LogP) is 5.01. The van der Waals surface area contributed by atoms with Crippen molar-refractivity contribution in [3.63, 3.8) is 0 Å². The summed E-state index contributed by atoms with van der Waals surface area (Å²) in [6, 6.07) is 16.0. The number of imide groups is 2. The maximum atomic E-state index is 14.4. The average Bonchev–Trinajstić information content (AvgIpc) is 3.95. The first-order valence-electron chi connectivity index (χ1n) is 25.6. The van der Waals surface area contributed by atoms with Gasteiger partial charge in [0, 0.05) is 95.2 Å². The molecule has 3 aliphatic heterocycles. The summed E-state index contributed by atoms with van der Waals surface area (Å²) >= 11 is 0. The van der Waals surface area contributed by atoms with E-state index in [1.165, 1.54) is 24.3 Å². The highest BCUT2D eigenvalue weighted by molar-refractivity contribution is 6.24. The van der Waals surface area contributed by atoms with Gasteiger partial charge in [0.2, 0.25) is 17.7 Å². The summed E-state index contributed by atoms with van der Waals surface area (Å²) < 4.78 is 50.5. The number of halogens is 3. The van der Waals surface area contributed by atoms with Gasteiger partial charge in [0.15, 0.2) is 18.0 Å². The van der Waals surface area contributed by atoms with E-state index in [1.54, 1.807) is 53.3 Å². The van der Waals surface area contributed by atoms with Crippen molar-refractivity contribution in [2.45, 2.75) is 89.9 Å². The molecule has 5 aromatic rings. The summed E-state index contributed by atoms with van der Waals surface area (Å²) in [7, 11) is 0. The molecule has 6 amide bonds. The number of benzene rings is 3. The number of nitrogens with one attached hydrogen (secondary N) is 3. The molecule has 2 saturated heterocycles. The number of aromatic nitrogens is 3. The molecule has 3 aromatic carbocycles. The third-order valence-corrected chi connectivity index (χ3v) is 13.7. The molecule has 402 valence electrons. The molecule has 77 heavy (non-hydrogen) atoms. The topological polar surface area (TPSA) is 222 Å². The van der Waals surface area contributed by atoms with Crippen LogP contribution in [0.4, 0.5) is 13.2 Å². The molecule has 0 aliphatic carbocycles. The zero-order valence-corrected chi connectivity index (χ0v) is 42.5. The van der Waals surface area contributed by atoms with Crippen LogP contribution in [0.3, 0.4) is 0 Å². The molecule has 0 spiro atoms. The first-order chi connectivity index (χ1) is 37.0. The molecule has 0 radical (unpaired) electrons. The number of amides is 6. The molecule has 21 heteroatoms. The molecule has 3 aliphatic rings. The van der Waals surface area contributed by atoms with Gasteiger partial charge in [-0.15, -0.1) is 0 Å². The van der Waals surface area contributed by atoms with E-state index in [4.69, 9.17) is 4.74 Å². The molecule has 8 rings (SSSR count). The van der Waals surface area contributed by atoms with Gasteiger partial charge in [-0.1, -0.05) is 42.7 Å². The Morgan fingerprint density at radius 1 is 0.818 bits per heavy atom. The van der Waals surface area contributed by atoms with E-state index in [2.05, 4.69) is 42.8 Å². The van der Waals surface area contributed by atoms with Crippen LogP contribution in [0.2, 0.25) is 0 Å². The SMILES string of the molecule is Cc1ccc(C(=O)Cc2ccc(CN3CCN(CCCNC(=O)CCC(=O)CCCCCNC(=O)COc4cccc5c4C(=O)N(C4CCC(=O)NC4=O)C5=O)CC3)c(C(F)(F)F)c2)cc1C#Cc1cnc2cccnn12. The van der Waals surface area contributed by atoms with Gasteiger partial charge >= 0.3 is 6.18 Å². The number of carbonyl (C=O) groups is 8. The fraction of sp³-hybridized carbons (Fsp3) is 0.393. The number of Topliss-reactive ketones (excluding diaryl/α,β-unsaturated/α-hetero) is 2. The number of ketones is 2. The molecule has 2 aromatic heterocycles. The highest BCUT2D eigenvalue weighted by atomic mass is 19.4. The van der Waals surface area contributed by atoms with E-state index < -0.39 is 53.9 Å². The Labute approximate surface area is 442 Å². The Balaban J connectivity index is 0.672. The number of hydrogen-bond acceptors (Lipinski definition) is 13. The van der Waals surface area contributed by atoms with Gasteiger partial charge in [0.1, 0.15) is 23.3 Å². The fourth-order valence-corrected chi connectivity index (χ4v) is 9.46. The van der Waals surface area contributed by atoms with E-state index >= 15 is 0 Å². The molecule has 18 nitrogen and oxygen atoms in total. The van der Waals surface area contributed by atoms with Crippen molar-refractivity contribution < 1.29 is 56.3 Å². The quantitative estimate of drug-likeness (QED) is 0.0360. The molecule has 5 heterocycles. The maximum absolute atomic E-state index is 14.4. The minimum absolute atomic E-state index is 0.00812. The molecule has 0 bridgehead atoms. The van der Waals surface area contributed by atoms with Crippen molar-refractivity contribution >= 4 is 52.7 Å². The molecule has 1 unspecified atom stereocenters. The predicted molar refractivity (Wildman–Crippen MR) is 273 cm³/mol. The number of carbonyl (C=O) groups excluding carboxylic acids is 8. The number of fused-ring (bicyclic) bond motifs is 2. The number of piperazine rings is 1. The Morgan fingerprint density at radius 3 is 2.39 bits per heavy atom. The number of unbranched alkanes of at least 4 members (excludes halogenated alkanes) is 2. The van der Waals surface area contributed by atoms with Crippen molar-refractivity contribution in [2.24, 2.45) is 0 Å². The van der Waals surface area contributed by atoms with Gasteiger partial charge in [-0.05, 0) is 98.2 Å². The zero-order chi connectivity index (χ0) is 54.6. The molecule has 1 atom stereocenters. The molecule has 0 saturated carbocycles. The summed E-state index contributed by atoms with van der Waals surface area (Å²) in [5.74, 6) is 2.45. The van der Waals surface area contributed by atoms with Gasteiger partial charge in [0.25, 0.3) is 17.7 Å². The van der Waals surface area contributed by atoms with Crippen LogP contribution in [0.1, 0.15) is 122 Å². The summed E-state index contributed by atoms with van der Waals surface area (Å²) in [4.78, 5) is 110. The number of nitrogens with zero attached hydrogens (tertiary/aromatic N) is 6. The Kier molecular flexibility index (Phi) is 18.0. The average molecular weight is 1060 g/mol. The van der Waals surface area contributed by atoms with Crippen LogP contribution in [-0.2, 0) is 43.1 Å². The number of ether oxygens (including phenoxy) is 1. The molecule has 2 fully saturated rings. The second kappa shape index (κ2) is 25.2. The number of alkyl halides is 3. The standard InChI is InChI=1S/C56H58F3N9O9/c1-36-12-14-39(32-38(36)16-17-41-33-62-48-11-6-24-63-68(41)48)46(70)31-37-13-15-40(44(30-37)56(57,58)59)34-66-28-26-65(27-29-66)25-7-23-60-49(71)20-18-42(69)8-3-2-4-22-61-51(73)35-77-47-10-5-9-43-52(47)55(76)67(54(43)75)45-19-21-50(72)64-53(45)74/h5-6,9-15,24,30,32-33,45H,2-4,7-8,18-23,25-29,31,34-35H2,1H3,(H,60,71)(H,61,73)(H,64,72,74). The minimum atomic E-state index is -4.62. The van der Waals surface area contributed by atoms with E-state index in [-0.39, 0.29) is 84.1 Å². The third-order valence-electron chi connectivity index (χ3n) is 13.7. The van der Waals surface area contributed by atoms with Gasteiger partial charge in [-0.2, -0.15) is 18.3 Å². The lowest BCUT2D eigenvalue weighted by Gasteiger charge is -2.35. The highest BCUT2D eigenvalue weighted by Gasteiger charge is 2.46. The van der Waals surface area contributed by atoms with Crippen molar-refractivity contribution in [1.82, 2.24) is 45.2 Å². The second-order valence-corrected chi connectivity index (χ2v) is 19.2. The molecular weight excluding hydrogens is 1000 g/mol.